The number of carbonyl (C=O) groups excluding carboxylic acids is 1. The smallest absolute Gasteiger partial charge is 0.255 e. The standard InChI is InChI=1S/C12H16ClN3OS/c1-3-16(7-8(2)11(14)18)12(17)9-4-5-15-6-10(9)13/h4-6,8H,3,7H2,1-2H3,(H2,14,18). The first-order valence-corrected chi connectivity index (χ1v) is 6.44. The van der Waals surface area contributed by atoms with Crippen molar-refractivity contribution in [2.45, 2.75) is 13.8 Å². The number of carbonyl (C=O) groups is 1. The van der Waals surface area contributed by atoms with Crippen LogP contribution in [0.2, 0.25) is 5.02 Å². The molecule has 1 unspecified atom stereocenters. The normalized spacial score (nSPS) is 11.9. The van der Waals surface area contributed by atoms with Crippen LogP contribution in [0.4, 0.5) is 0 Å². The number of hydrogen-bond donors (Lipinski definition) is 1. The predicted octanol–water partition coefficient (Wildman–Crippen LogP) is 2.12. The molecule has 1 rings (SSSR count). The molecule has 0 aliphatic rings. The van der Waals surface area contributed by atoms with Crippen molar-refractivity contribution in [2.75, 3.05) is 13.1 Å². The molecule has 0 aliphatic carbocycles. The Hall–Kier alpha value is -1.20. The molecule has 0 radical (unpaired) electrons. The minimum absolute atomic E-state index is 0.0236. The Morgan fingerprint density at radius 1 is 1.67 bits per heavy atom. The number of rotatable bonds is 5. The first-order chi connectivity index (χ1) is 8.47. The average Bonchev–Trinajstić information content (AvgIpc) is 2.35. The average molecular weight is 286 g/mol. The molecule has 2 N–H and O–H groups in total. The molecular formula is C12H16ClN3OS. The maximum absolute atomic E-state index is 12.3. The van der Waals surface area contributed by atoms with E-state index in [0.29, 0.717) is 28.7 Å². The molecule has 0 saturated carbocycles. The van der Waals surface area contributed by atoms with Gasteiger partial charge >= 0.3 is 0 Å². The number of aromatic nitrogens is 1. The lowest BCUT2D eigenvalue weighted by Crippen LogP contribution is -2.38. The fraction of sp³-hybridized carbons (Fsp3) is 0.417. The Kier molecular flexibility index (Phi) is 5.50. The molecule has 0 saturated heterocycles. The Bertz CT molecular complexity index is 453. The van der Waals surface area contributed by atoms with Crippen LogP contribution < -0.4 is 5.73 Å². The first kappa shape index (κ1) is 14.9. The summed E-state index contributed by atoms with van der Waals surface area (Å²) in [6.07, 6.45) is 3.00. The van der Waals surface area contributed by atoms with Crippen molar-refractivity contribution in [1.29, 1.82) is 0 Å². The summed E-state index contributed by atoms with van der Waals surface area (Å²) in [7, 11) is 0. The summed E-state index contributed by atoms with van der Waals surface area (Å²) in [5.41, 5.74) is 6.01. The molecule has 0 spiro atoms. The highest BCUT2D eigenvalue weighted by molar-refractivity contribution is 7.80. The van der Waals surface area contributed by atoms with Gasteiger partial charge in [-0.3, -0.25) is 9.78 Å². The number of nitrogens with two attached hydrogens (primary N) is 1. The van der Waals surface area contributed by atoms with Gasteiger partial charge in [-0.15, -0.1) is 0 Å². The maximum atomic E-state index is 12.3. The molecular weight excluding hydrogens is 270 g/mol. The summed E-state index contributed by atoms with van der Waals surface area (Å²) < 4.78 is 0. The van der Waals surface area contributed by atoms with Crippen molar-refractivity contribution in [2.24, 2.45) is 11.7 Å². The highest BCUT2D eigenvalue weighted by Crippen LogP contribution is 2.16. The summed E-state index contributed by atoms with van der Waals surface area (Å²) in [6.45, 7) is 4.86. The van der Waals surface area contributed by atoms with Crippen molar-refractivity contribution < 1.29 is 4.79 Å². The number of nitrogens with zero attached hydrogens (tertiary/aromatic N) is 2. The molecule has 1 amide bonds. The van der Waals surface area contributed by atoms with Gasteiger partial charge in [0, 0.05) is 31.4 Å². The lowest BCUT2D eigenvalue weighted by molar-refractivity contribution is 0.0755. The van der Waals surface area contributed by atoms with Gasteiger partial charge in [-0.25, -0.2) is 0 Å². The van der Waals surface area contributed by atoms with Crippen LogP contribution in [0.25, 0.3) is 0 Å². The molecule has 0 fully saturated rings. The van der Waals surface area contributed by atoms with E-state index in [1.165, 1.54) is 6.20 Å². The SMILES string of the molecule is CCN(CC(C)C(N)=S)C(=O)c1ccncc1Cl. The Morgan fingerprint density at radius 3 is 2.83 bits per heavy atom. The highest BCUT2D eigenvalue weighted by atomic mass is 35.5. The van der Waals surface area contributed by atoms with Crippen LogP contribution in [-0.4, -0.2) is 33.9 Å². The number of pyridine rings is 1. The molecule has 1 aromatic rings. The number of halogens is 1. The summed E-state index contributed by atoms with van der Waals surface area (Å²) in [5, 5.41) is 0.351. The van der Waals surface area contributed by atoms with Gasteiger partial charge in [0.05, 0.1) is 15.6 Å². The molecule has 98 valence electrons. The van der Waals surface area contributed by atoms with Crippen molar-refractivity contribution >= 4 is 34.7 Å². The second-order valence-electron chi connectivity index (χ2n) is 4.00. The van der Waals surface area contributed by atoms with Crippen molar-refractivity contribution in [3.63, 3.8) is 0 Å². The van der Waals surface area contributed by atoms with Gasteiger partial charge in [0.2, 0.25) is 0 Å². The third-order valence-electron chi connectivity index (χ3n) is 2.65. The van der Waals surface area contributed by atoms with Gasteiger partial charge in [0.1, 0.15) is 0 Å². The third-order valence-corrected chi connectivity index (χ3v) is 3.36. The Balaban J connectivity index is 2.86. The van der Waals surface area contributed by atoms with E-state index in [2.05, 4.69) is 4.98 Å². The Morgan fingerprint density at radius 2 is 2.33 bits per heavy atom. The van der Waals surface area contributed by atoms with Gasteiger partial charge in [0.25, 0.3) is 5.91 Å². The van der Waals surface area contributed by atoms with Crippen LogP contribution in [0.15, 0.2) is 18.5 Å². The lowest BCUT2D eigenvalue weighted by atomic mass is 10.1. The van der Waals surface area contributed by atoms with Crippen LogP contribution >= 0.6 is 23.8 Å². The van der Waals surface area contributed by atoms with Crippen molar-refractivity contribution in [3.8, 4) is 0 Å². The van der Waals surface area contributed by atoms with Gasteiger partial charge < -0.3 is 10.6 Å². The molecule has 0 aliphatic heterocycles. The molecule has 1 aromatic heterocycles. The molecule has 0 bridgehead atoms. The summed E-state index contributed by atoms with van der Waals surface area (Å²) in [6, 6.07) is 1.61. The second kappa shape index (κ2) is 6.66. The van der Waals surface area contributed by atoms with E-state index in [-0.39, 0.29) is 11.8 Å². The zero-order chi connectivity index (χ0) is 13.7. The topological polar surface area (TPSA) is 59.2 Å². The maximum Gasteiger partial charge on any atom is 0.255 e. The minimum atomic E-state index is -0.131. The molecule has 18 heavy (non-hydrogen) atoms. The summed E-state index contributed by atoms with van der Waals surface area (Å²) >= 11 is 10.9. The van der Waals surface area contributed by atoms with Gasteiger partial charge in [-0.1, -0.05) is 30.7 Å². The molecule has 0 aromatic carbocycles. The van der Waals surface area contributed by atoms with Crippen molar-refractivity contribution in [3.05, 3.63) is 29.0 Å². The van der Waals surface area contributed by atoms with E-state index < -0.39 is 0 Å². The van der Waals surface area contributed by atoms with Crippen LogP contribution in [0.5, 0.6) is 0 Å². The third kappa shape index (κ3) is 3.65. The summed E-state index contributed by atoms with van der Waals surface area (Å²) in [4.78, 5) is 18.2. The fourth-order valence-electron chi connectivity index (χ4n) is 1.50. The zero-order valence-electron chi connectivity index (χ0n) is 10.4. The van der Waals surface area contributed by atoms with E-state index >= 15 is 0 Å². The second-order valence-corrected chi connectivity index (χ2v) is 4.88. The number of thiocarbonyl (C=S) groups is 1. The van der Waals surface area contributed by atoms with Gasteiger partial charge in [0.15, 0.2) is 0 Å². The minimum Gasteiger partial charge on any atom is -0.393 e. The van der Waals surface area contributed by atoms with E-state index in [4.69, 9.17) is 29.6 Å². The monoisotopic (exact) mass is 285 g/mol. The molecule has 4 nitrogen and oxygen atoms in total. The Labute approximate surface area is 117 Å². The number of hydrogen-bond acceptors (Lipinski definition) is 3. The fourth-order valence-corrected chi connectivity index (χ4v) is 1.77. The summed E-state index contributed by atoms with van der Waals surface area (Å²) in [5.74, 6) is -0.155. The quantitative estimate of drug-likeness (QED) is 0.842. The van der Waals surface area contributed by atoms with Gasteiger partial charge in [-0.05, 0) is 13.0 Å². The predicted molar refractivity (Wildman–Crippen MR) is 76.8 cm³/mol. The van der Waals surface area contributed by atoms with E-state index in [1.807, 2.05) is 13.8 Å². The largest absolute Gasteiger partial charge is 0.393 e. The lowest BCUT2D eigenvalue weighted by Gasteiger charge is -2.24. The van der Waals surface area contributed by atoms with Crippen molar-refractivity contribution in [1.82, 2.24) is 9.88 Å². The number of amides is 1. The molecule has 6 heteroatoms. The van der Waals surface area contributed by atoms with E-state index in [9.17, 15) is 4.79 Å². The first-order valence-electron chi connectivity index (χ1n) is 5.65. The van der Waals surface area contributed by atoms with Crippen LogP contribution in [0.1, 0.15) is 24.2 Å². The van der Waals surface area contributed by atoms with Gasteiger partial charge in [-0.2, -0.15) is 0 Å². The van der Waals surface area contributed by atoms with Crippen LogP contribution in [0, 0.1) is 5.92 Å². The highest BCUT2D eigenvalue weighted by Gasteiger charge is 2.19. The van der Waals surface area contributed by atoms with Crippen LogP contribution in [-0.2, 0) is 0 Å². The molecule has 1 heterocycles. The van der Waals surface area contributed by atoms with E-state index in [0.717, 1.165) is 0 Å². The van der Waals surface area contributed by atoms with Crippen LogP contribution in [0.3, 0.4) is 0 Å². The zero-order valence-corrected chi connectivity index (χ0v) is 12.0. The molecule has 1 atom stereocenters. The van der Waals surface area contributed by atoms with E-state index in [1.54, 1.807) is 17.2 Å².